The molecular formula is C19H16F3N3O2S. The summed E-state index contributed by atoms with van der Waals surface area (Å²) in [5, 5.41) is 2.81. The number of benzene rings is 1. The molecule has 1 saturated heterocycles. The van der Waals surface area contributed by atoms with Crippen molar-refractivity contribution in [3.63, 3.8) is 0 Å². The number of ketones is 2. The Kier molecular flexibility index (Phi) is 5.03. The van der Waals surface area contributed by atoms with E-state index in [9.17, 15) is 22.8 Å². The molecule has 0 unspecified atom stereocenters. The number of Topliss-reactive ketones (excluding diaryl/α,β-unsaturated/α-hetero) is 1. The topological polar surface area (TPSA) is 62.3 Å². The normalized spacial score (nSPS) is 17.0. The number of carbonyl (C=O) groups excluding carboxylic acids is 2. The smallest absolute Gasteiger partial charge is 0.221 e. The molecule has 4 rings (SSSR count). The zero-order valence-corrected chi connectivity index (χ0v) is 15.5. The monoisotopic (exact) mass is 407 g/mol. The highest BCUT2D eigenvalue weighted by atomic mass is 32.1. The van der Waals surface area contributed by atoms with E-state index in [0.717, 1.165) is 49.9 Å². The fraction of sp³-hybridized carbons (Fsp3) is 0.316. The van der Waals surface area contributed by atoms with Crippen LogP contribution in [0.3, 0.4) is 0 Å². The van der Waals surface area contributed by atoms with Crippen LogP contribution in [0.1, 0.15) is 33.0 Å². The molecule has 2 aromatic rings. The highest BCUT2D eigenvalue weighted by Crippen LogP contribution is 2.35. The van der Waals surface area contributed by atoms with Gasteiger partial charge in [0.1, 0.15) is 33.0 Å². The minimum atomic E-state index is -1.14. The molecule has 0 saturated carbocycles. The standard InChI is InChI=1S/C19H16F3N3O2S/c20-10-7-11(21)15(12(22)8-10)19-24-16-14(26)9-13(17(27)18(16)28-19)23-3-6-25-4-1-2-5-25/h7-9,23H,1-6H2. The maximum absolute atomic E-state index is 14.0. The van der Waals surface area contributed by atoms with Gasteiger partial charge in [0.25, 0.3) is 0 Å². The number of nitrogens with one attached hydrogen (secondary N) is 1. The van der Waals surface area contributed by atoms with Gasteiger partial charge in [-0.1, -0.05) is 0 Å². The minimum Gasteiger partial charge on any atom is -0.380 e. The first kappa shape index (κ1) is 18.8. The average Bonchev–Trinajstić information content (AvgIpc) is 3.28. The number of thiazole rings is 1. The van der Waals surface area contributed by atoms with E-state index >= 15 is 0 Å². The highest BCUT2D eigenvalue weighted by Gasteiger charge is 2.31. The number of nitrogens with zero attached hydrogens (tertiary/aromatic N) is 2. The molecule has 0 atom stereocenters. The Bertz CT molecular complexity index is 973. The molecule has 146 valence electrons. The van der Waals surface area contributed by atoms with Crippen molar-refractivity contribution in [1.82, 2.24) is 15.2 Å². The summed E-state index contributed by atoms with van der Waals surface area (Å²) in [5.41, 5.74) is -0.546. The fourth-order valence-corrected chi connectivity index (χ4v) is 4.44. The quantitative estimate of drug-likeness (QED) is 0.825. The summed E-state index contributed by atoms with van der Waals surface area (Å²) in [5.74, 6) is -4.29. The third-order valence-corrected chi connectivity index (χ3v) is 5.82. The molecule has 1 aromatic carbocycles. The Hall–Kier alpha value is -2.52. The van der Waals surface area contributed by atoms with Crippen LogP contribution in [0.2, 0.25) is 0 Å². The minimum absolute atomic E-state index is 0.0225. The number of hydrogen-bond donors (Lipinski definition) is 1. The van der Waals surface area contributed by atoms with E-state index < -0.39 is 34.6 Å². The summed E-state index contributed by atoms with van der Waals surface area (Å²) >= 11 is 0.722. The van der Waals surface area contributed by atoms with Crippen molar-refractivity contribution >= 4 is 22.9 Å². The molecule has 2 aliphatic rings. The molecule has 0 amide bonds. The van der Waals surface area contributed by atoms with E-state index in [1.165, 1.54) is 0 Å². The summed E-state index contributed by atoms with van der Waals surface area (Å²) in [6.45, 7) is 3.30. The molecule has 1 aliphatic carbocycles. The molecule has 28 heavy (non-hydrogen) atoms. The maximum atomic E-state index is 14.0. The van der Waals surface area contributed by atoms with Crippen LogP contribution in [0.25, 0.3) is 10.6 Å². The van der Waals surface area contributed by atoms with Crippen LogP contribution >= 0.6 is 11.3 Å². The van der Waals surface area contributed by atoms with Gasteiger partial charge in [0.15, 0.2) is 0 Å². The number of allylic oxidation sites excluding steroid dienone is 2. The Morgan fingerprint density at radius 2 is 1.79 bits per heavy atom. The molecular weight excluding hydrogens is 391 g/mol. The van der Waals surface area contributed by atoms with Crippen molar-refractivity contribution in [1.29, 1.82) is 0 Å². The van der Waals surface area contributed by atoms with Gasteiger partial charge in [0.05, 0.1) is 11.3 Å². The molecule has 9 heteroatoms. The molecule has 1 fully saturated rings. The highest BCUT2D eigenvalue weighted by molar-refractivity contribution is 7.17. The van der Waals surface area contributed by atoms with Crippen molar-refractivity contribution < 1.29 is 22.8 Å². The van der Waals surface area contributed by atoms with E-state index in [0.29, 0.717) is 18.7 Å². The summed E-state index contributed by atoms with van der Waals surface area (Å²) in [7, 11) is 0. The van der Waals surface area contributed by atoms with E-state index in [2.05, 4.69) is 15.2 Å². The first-order valence-corrected chi connectivity index (χ1v) is 9.68. The summed E-state index contributed by atoms with van der Waals surface area (Å²) in [4.78, 5) is 31.3. The SMILES string of the molecule is O=C1C=C(NCCN2CCCC2)C(=O)c2sc(-c3c(F)cc(F)cc3F)nc21. The molecule has 0 spiro atoms. The zero-order valence-electron chi connectivity index (χ0n) is 14.7. The van der Waals surface area contributed by atoms with E-state index in [4.69, 9.17) is 0 Å². The van der Waals surface area contributed by atoms with Crippen LogP contribution in [0.15, 0.2) is 23.9 Å². The Balaban J connectivity index is 1.56. The fourth-order valence-electron chi connectivity index (χ4n) is 3.37. The van der Waals surface area contributed by atoms with Gasteiger partial charge in [0, 0.05) is 31.3 Å². The molecule has 1 aromatic heterocycles. The van der Waals surface area contributed by atoms with Crippen molar-refractivity contribution in [2.75, 3.05) is 26.2 Å². The van der Waals surface area contributed by atoms with Crippen LogP contribution in [0.5, 0.6) is 0 Å². The third kappa shape index (κ3) is 3.47. The summed E-state index contributed by atoms with van der Waals surface area (Å²) < 4.78 is 41.2. The Morgan fingerprint density at radius 1 is 1.11 bits per heavy atom. The van der Waals surface area contributed by atoms with Gasteiger partial charge in [-0.15, -0.1) is 11.3 Å². The lowest BCUT2D eigenvalue weighted by molar-refractivity contribution is 0.0978. The molecule has 2 heterocycles. The van der Waals surface area contributed by atoms with Gasteiger partial charge in [-0.2, -0.15) is 0 Å². The van der Waals surface area contributed by atoms with Crippen molar-refractivity contribution in [2.24, 2.45) is 0 Å². The molecule has 5 nitrogen and oxygen atoms in total. The number of hydrogen-bond acceptors (Lipinski definition) is 6. The second kappa shape index (κ2) is 7.48. The Morgan fingerprint density at radius 3 is 2.46 bits per heavy atom. The second-order valence-electron chi connectivity index (χ2n) is 6.67. The van der Waals surface area contributed by atoms with Crippen LogP contribution in [0.4, 0.5) is 13.2 Å². The molecule has 0 bridgehead atoms. The lowest BCUT2D eigenvalue weighted by Gasteiger charge is -2.17. The van der Waals surface area contributed by atoms with Crippen molar-refractivity contribution in [3.05, 3.63) is 51.9 Å². The number of rotatable bonds is 5. The van der Waals surface area contributed by atoms with Crippen LogP contribution in [-0.4, -0.2) is 47.6 Å². The van der Waals surface area contributed by atoms with Gasteiger partial charge >= 0.3 is 0 Å². The van der Waals surface area contributed by atoms with Gasteiger partial charge in [-0.05, 0) is 25.9 Å². The molecule has 1 N–H and O–H groups in total. The number of fused-ring (bicyclic) bond motifs is 1. The van der Waals surface area contributed by atoms with Crippen LogP contribution in [-0.2, 0) is 0 Å². The zero-order chi connectivity index (χ0) is 19.8. The second-order valence-corrected chi connectivity index (χ2v) is 7.67. The van der Waals surface area contributed by atoms with Gasteiger partial charge in [-0.3, -0.25) is 9.59 Å². The van der Waals surface area contributed by atoms with Gasteiger partial charge in [0.2, 0.25) is 11.6 Å². The number of halogens is 3. The number of aromatic nitrogens is 1. The summed E-state index contributed by atoms with van der Waals surface area (Å²) in [6, 6.07) is 1.07. The first-order valence-electron chi connectivity index (χ1n) is 8.86. The van der Waals surface area contributed by atoms with Crippen LogP contribution < -0.4 is 5.32 Å². The van der Waals surface area contributed by atoms with E-state index in [1.807, 2.05) is 0 Å². The maximum Gasteiger partial charge on any atom is 0.221 e. The van der Waals surface area contributed by atoms with Crippen molar-refractivity contribution in [3.8, 4) is 10.6 Å². The van der Waals surface area contributed by atoms with Crippen LogP contribution in [0, 0.1) is 17.5 Å². The lowest BCUT2D eigenvalue weighted by Crippen LogP contribution is -2.33. The molecule has 0 radical (unpaired) electrons. The van der Waals surface area contributed by atoms with Crippen molar-refractivity contribution in [2.45, 2.75) is 12.8 Å². The lowest BCUT2D eigenvalue weighted by atomic mass is 10.0. The predicted molar refractivity (Wildman–Crippen MR) is 97.8 cm³/mol. The predicted octanol–water partition coefficient (Wildman–Crippen LogP) is 3.18. The average molecular weight is 407 g/mol. The number of likely N-dealkylation sites (tertiary alicyclic amines) is 1. The summed E-state index contributed by atoms with van der Waals surface area (Å²) in [6.07, 6.45) is 3.47. The van der Waals surface area contributed by atoms with Gasteiger partial charge < -0.3 is 10.2 Å². The van der Waals surface area contributed by atoms with E-state index in [-0.39, 0.29) is 21.3 Å². The third-order valence-electron chi connectivity index (χ3n) is 4.75. The van der Waals surface area contributed by atoms with E-state index in [1.54, 1.807) is 0 Å². The molecule has 1 aliphatic heterocycles. The Labute approximate surface area is 162 Å². The van der Waals surface area contributed by atoms with Gasteiger partial charge in [-0.25, -0.2) is 18.2 Å². The first-order chi connectivity index (χ1) is 13.4. The largest absolute Gasteiger partial charge is 0.380 e. The number of carbonyl (C=O) groups is 2.